The molecule has 9 rings (SSSR count). The van der Waals surface area contributed by atoms with Gasteiger partial charge in [0, 0.05) is 32.7 Å². The minimum Gasteiger partial charge on any atom is -0.454 e. The van der Waals surface area contributed by atoms with Gasteiger partial charge in [0.2, 0.25) is 0 Å². The van der Waals surface area contributed by atoms with Gasteiger partial charge in [-0.1, -0.05) is 123 Å². The van der Waals surface area contributed by atoms with E-state index >= 15 is 0 Å². The fourth-order valence-electron chi connectivity index (χ4n) is 7.13. The molecule has 0 saturated heterocycles. The van der Waals surface area contributed by atoms with Crippen molar-refractivity contribution in [1.82, 2.24) is 9.97 Å². The molecule has 2 heterocycles. The highest BCUT2D eigenvalue weighted by Gasteiger charge is 2.38. The number of rotatable bonds is 4. The zero-order valence-corrected chi connectivity index (χ0v) is 25.0. The molecule has 1 aliphatic carbocycles. The predicted molar refractivity (Wildman–Crippen MR) is 184 cm³/mol. The van der Waals surface area contributed by atoms with E-state index < -0.39 is 0 Å². The molecule has 0 atom stereocenters. The quantitative estimate of drug-likeness (QED) is 0.208. The number of aromatic nitrogens is 2. The summed E-state index contributed by atoms with van der Waals surface area (Å²) in [5.74, 6) is 1.49. The van der Waals surface area contributed by atoms with Gasteiger partial charge in [-0.15, -0.1) is 0 Å². The van der Waals surface area contributed by atoms with Crippen LogP contribution >= 0.6 is 0 Å². The Morgan fingerprint density at radius 3 is 2.11 bits per heavy atom. The summed E-state index contributed by atoms with van der Waals surface area (Å²) in [6.07, 6.45) is 0. The molecule has 0 amide bonds. The van der Waals surface area contributed by atoms with Crippen molar-refractivity contribution in [2.24, 2.45) is 0 Å². The van der Waals surface area contributed by atoms with Gasteiger partial charge in [0.05, 0.1) is 16.9 Å². The maximum absolute atomic E-state index is 6.68. The lowest BCUT2D eigenvalue weighted by Crippen LogP contribution is -2.17. The van der Waals surface area contributed by atoms with Gasteiger partial charge in [0.15, 0.2) is 11.4 Å². The Hall–Kier alpha value is -5.74. The summed E-state index contributed by atoms with van der Waals surface area (Å²) in [5.41, 5.74) is 10.5. The highest BCUT2D eigenvalue weighted by atomic mass is 16.3. The summed E-state index contributed by atoms with van der Waals surface area (Å²) in [6.45, 7) is 4.64. The number of furan rings is 1. The summed E-state index contributed by atoms with van der Waals surface area (Å²) < 4.78 is 6.68. The van der Waals surface area contributed by atoms with Crippen LogP contribution < -0.4 is 4.90 Å². The van der Waals surface area contributed by atoms with Crippen LogP contribution in [0.15, 0.2) is 144 Å². The van der Waals surface area contributed by atoms with Gasteiger partial charge in [-0.3, -0.25) is 4.90 Å². The molecule has 0 spiro atoms. The molecule has 0 unspecified atom stereocenters. The predicted octanol–water partition coefficient (Wildman–Crippen LogP) is 11.0. The average Bonchev–Trinajstić information content (AvgIpc) is 3.58. The second kappa shape index (κ2) is 9.63. The van der Waals surface area contributed by atoms with Crippen LogP contribution in [0.4, 0.5) is 17.2 Å². The number of benzene rings is 6. The smallest absolute Gasteiger partial charge is 0.162 e. The summed E-state index contributed by atoms with van der Waals surface area (Å²) in [4.78, 5) is 12.7. The lowest BCUT2D eigenvalue weighted by atomic mass is 9.82. The SMILES string of the molecule is CC1(C)c2ccccc2-c2c(N(c3nc(-c4ccccc4)nc4ccccc34)c3cccc4c3oc3ccccc34)cccc21. The minimum atomic E-state index is -0.151. The molecule has 1 aliphatic rings. The molecule has 0 fully saturated rings. The van der Waals surface area contributed by atoms with Gasteiger partial charge in [-0.2, -0.15) is 0 Å². The second-order valence-corrected chi connectivity index (χ2v) is 12.2. The largest absolute Gasteiger partial charge is 0.454 e. The molecule has 0 N–H and O–H groups in total. The summed E-state index contributed by atoms with van der Waals surface area (Å²) in [5, 5.41) is 3.13. The first kappa shape index (κ1) is 25.7. The van der Waals surface area contributed by atoms with Crippen molar-refractivity contribution in [1.29, 1.82) is 0 Å². The topological polar surface area (TPSA) is 42.2 Å². The van der Waals surface area contributed by atoms with Gasteiger partial charge in [-0.25, -0.2) is 9.97 Å². The van der Waals surface area contributed by atoms with Crippen LogP contribution in [0.3, 0.4) is 0 Å². The van der Waals surface area contributed by atoms with E-state index in [4.69, 9.17) is 14.4 Å². The van der Waals surface area contributed by atoms with Crippen LogP contribution in [-0.2, 0) is 5.41 Å². The van der Waals surface area contributed by atoms with E-state index in [2.05, 4.69) is 122 Å². The number of nitrogens with zero attached hydrogens (tertiary/aromatic N) is 3. The Bertz CT molecular complexity index is 2420. The first-order valence-electron chi connectivity index (χ1n) is 15.4. The Balaban J connectivity index is 1.43. The third-order valence-electron chi connectivity index (χ3n) is 9.28. The summed E-state index contributed by atoms with van der Waals surface area (Å²) >= 11 is 0. The number of hydrogen-bond donors (Lipinski definition) is 0. The van der Waals surface area contributed by atoms with Gasteiger partial charge < -0.3 is 4.42 Å². The maximum atomic E-state index is 6.68. The molecule has 45 heavy (non-hydrogen) atoms. The molecular weight excluding hydrogens is 550 g/mol. The molecule has 214 valence electrons. The normalized spacial score (nSPS) is 13.3. The molecule has 0 radical (unpaired) electrons. The van der Waals surface area contributed by atoms with Crippen LogP contribution in [0.1, 0.15) is 25.0 Å². The number of hydrogen-bond acceptors (Lipinski definition) is 4. The third-order valence-corrected chi connectivity index (χ3v) is 9.28. The van der Waals surface area contributed by atoms with Gasteiger partial charge in [-0.05, 0) is 47.0 Å². The van der Waals surface area contributed by atoms with E-state index in [1.165, 1.54) is 22.3 Å². The van der Waals surface area contributed by atoms with Crippen molar-refractivity contribution in [2.75, 3.05) is 4.90 Å². The molecule has 4 heteroatoms. The fraction of sp³-hybridized carbons (Fsp3) is 0.0732. The molecule has 0 bridgehead atoms. The van der Waals surface area contributed by atoms with Gasteiger partial charge in [0.25, 0.3) is 0 Å². The molecule has 0 saturated carbocycles. The Kier molecular flexibility index (Phi) is 5.51. The summed E-state index contributed by atoms with van der Waals surface area (Å²) in [7, 11) is 0. The van der Waals surface area contributed by atoms with Crippen LogP contribution in [-0.4, -0.2) is 9.97 Å². The van der Waals surface area contributed by atoms with Crippen molar-refractivity contribution in [3.05, 3.63) is 151 Å². The van der Waals surface area contributed by atoms with Crippen LogP contribution in [0.2, 0.25) is 0 Å². The number of anilines is 3. The second-order valence-electron chi connectivity index (χ2n) is 12.2. The highest BCUT2D eigenvalue weighted by Crippen LogP contribution is 2.55. The van der Waals surface area contributed by atoms with Crippen LogP contribution in [0.5, 0.6) is 0 Å². The first-order valence-corrected chi connectivity index (χ1v) is 15.4. The highest BCUT2D eigenvalue weighted by molar-refractivity contribution is 6.12. The van der Waals surface area contributed by atoms with E-state index in [9.17, 15) is 0 Å². The monoisotopic (exact) mass is 579 g/mol. The Morgan fingerprint density at radius 1 is 0.556 bits per heavy atom. The van der Waals surface area contributed by atoms with Crippen molar-refractivity contribution in [2.45, 2.75) is 19.3 Å². The standard InChI is InChI=1S/C41H29N3O/c1-41(2)31-20-9-6-17-29(31)37-32(41)21-13-23-34(37)44(35-24-12-19-28-27-16-8-11-25-36(27)45-38(28)35)40-30-18-7-10-22-33(30)42-39(43-40)26-14-4-3-5-15-26/h3-25H,1-2H3. The third kappa shape index (κ3) is 3.79. The van der Waals surface area contributed by atoms with E-state index in [1.807, 2.05) is 36.4 Å². The number of fused-ring (bicyclic) bond motifs is 7. The van der Waals surface area contributed by atoms with Crippen LogP contribution in [0.25, 0.3) is 55.4 Å². The van der Waals surface area contributed by atoms with Crippen molar-refractivity contribution < 1.29 is 4.42 Å². The number of para-hydroxylation sites is 3. The fourth-order valence-corrected chi connectivity index (χ4v) is 7.13. The Labute approximate surface area is 261 Å². The van der Waals surface area contributed by atoms with Gasteiger partial charge in [0.1, 0.15) is 11.4 Å². The van der Waals surface area contributed by atoms with Crippen LogP contribution in [0, 0.1) is 0 Å². The minimum absolute atomic E-state index is 0.151. The average molecular weight is 580 g/mol. The zero-order chi connectivity index (χ0) is 30.1. The molecular formula is C41H29N3O. The molecule has 6 aromatic carbocycles. The lowest BCUT2D eigenvalue weighted by molar-refractivity contribution is 0.660. The van der Waals surface area contributed by atoms with Gasteiger partial charge >= 0.3 is 0 Å². The first-order chi connectivity index (χ1) is 22.1. The van der Waals surface area contributed by atoms with E-state index in [-0.39, 0.29) is 5.41 Å². The van der Waals surface area contributed by atoms with Crippen molar-refractivity contribution in [3.8, 4) is 22.5 Å². The zero-order valence-electron chi connectivity index (χ0n) is 25.0. The van der Waals surface area contributed by atoms with E-state index in [1.54, 1.807) is 0 Å². The summed E-state index contributed by atoms with van der Waals surface area (Å²) in [6, 6.07) is 48.6. The van der Waals surface area contributed by atoms with Crippen molar-refractivity contribution >= 4 is 50.0 Å². The van der Waals surface area contributed by atoms with Crippen molar-refractivity contribution in [3.63, 3.8) is 0 Å². The van der Waals surface area contributed by atoms with E-state index in [0.717, 1.165) is 55.6 Å². The molecule has 2 aromatic heterocycles. The maximum Gasteiger partial charge on any atom is 0.162 e. The Morgan fingerprint density at radius 2 is 1.22 bits per heavy atom. The molecule has 0 aliphatic heterocycles. The van der Waals surface area contributed by atoms with E-state index in [0.29, 0.717) is 5.82 Å². The molecule has 8 aromatic rings. The lowest BCUT2D eigenvalue weighted by Gasteiger charge is -2.29. The molecule has 4 nitrogen and oxygen atoms in total.